The standard InChI is InChI=1S/C13H15ClN2OS/c1-3-17-12-5-4-9(6-10(12)14)11-7-18-13(16-11)8(2)15/h4-8H,3,15H2,1-2H3. The Morgan fingerprint density at radius 3 is 2.83 bits per heavy atom. The van der Waals surface area contributed by atoms with Crippen molar-refractivity contribution in [3.63, 3.8) is 0 Å². The van der Waals surface area contributed by atoms with Crippen molar-refractivity contribution in [3.05, 3.63) is 33.6 Å². The lowest BCUT2D eigenvalue weighted by atomic mass is 10.1. The van der Waals surface area contributed by atoms with Crippen molar-refractivity contribution in [1.82, 2.24) is 4.98 Å². The second-order valence-corrected chi connectivity index (χ2v) is 5.23. The van der Waals surface area contributed by atoms with Gasteiger partial charge in [0.05, 0.1) is 23.4 Å². The first-order valence-electron chi connectivity index (χ1n) is 5.75. The van der Waals surface area contributed by atoms with Crippen molar-refractivity contribution < 1.29 is 4.74 Å². The van der Waals surface area contributed by atoms with Crippen LogP contribution in [0.25, 0.3) is 11.3 Å². The SMILES string of the molecule is CCOc1ccc(-c2csc(C(C)N)n2)cc1Cl. The first-order chi connectivity index (χ1) is 8.61. The molecule has 5 heteroatoms. The molecular weight excluding hydrogens is 268 g/mol. The highest BCUT2D eigenvalue weighted by atomic mass is 35.5. The quantitative estimate of drug-likeness (QED) is 0.926. The van der Waals surface area contributed by atoms with Crippen molar-refractivity contribution >= 4 is 22.9 Å². The second kappa shape index (κ2) is 5.69. The smallest absolute Gasteiger partial charge is 0.137 e. The van der Waals surface area contributed by atoms with E-state index in [4.69, 9.17) is 22.1 Å². The summed E-state index contributed by atoms with van der Waals surface area (Å²) in [4.78, 5) is 4.49. The summed E-state index contributed by atoms with van der Waals surface area (Å²) < 4.78 is 5.40. The minimum atomic E-state index is -0.0399. The van der Waals surface area contributed by atoms with E-state index in [0.29, 0.717) is 17.4 Å². The highest BCUT2D eigenvalue weighted by Crippen LogP contribution is 2.31. The van der Waals surface area contributed by atoms with Gasteiger partial charge in [-0.3, -0.25) is 0 Å². The highest BCUT2D eigenvalue weighted by Gasteiger charge is 2.09. The van der Waals surface area contributed by atoms with E-state index in [-0.39, 0.29) is 6.04 Å². The number of nitrogens with zero attached hydrogens (tertiary/aromatic N) is 1. The maximum absolute atomic E-state index is 6.15. The van der Waals surface area contributed by atoms with Crippen LogP contribution >= 0.6 is 22.9 Å². The zero-order chi connectivity index (χ0) is 13.1. The zero-order valence-corrected chi connectivity index (χ0v) is 11.9. The third kappa shape index (κ3) is 2.83. The summed E-state index contributed by atoms with van der Waals surface area (Å²) in [5.74, 6) is 0.700. The minimum absolute atomic E-state index is 0.0399. The van der Waals surface area contributed by atoms with E-state index in [9.17, 15) is 0 Å². The molecule has 18 heavy (non-hydrogen) atoms. The minimum Gasteiger partial charge on any atom is -0.492 e. The fourth-order valence-electron chi connectivity index (χ4n) is 1.56. The monoisotopic (exact) mass is 282 g/mol. The molecule has 96 valence electrons. The number of ether oxygens (including phenoxy) is 1. The first-order valence-corrected chi connectivity index (χ1v) is 7.01. The Labute approximate surface area is 116 Å². The third-order valence-corrected chi connectivity index (χ3v) is 3.78. The van der Waals surface area contributed by atoms with Crippen LogP contribution in [-0.4, -0.2) is 11.6 Å². The number of benzene rings is 1. The molecule has 1 aromatic heterocycles. The molecule has 0 aliphatic rings. The summed E-state index contributed by atoms with van der Waals surface area (Å²) in [6.07, 6.45) is 0. The van der Waals surface area contributed by atoms with Crippen molar-refractivity contribution in [2.45, 2.75) is 19.9 Å². The summed E-state index contributed by atoms with van der Waals surface area (Å²) in [6, 6.07) is 5.65. The maximum atomic E-state index is 6.15. The molecular formula is C13H15ClN2OS. The van der Waals surface area contributed by atoms with Crippen molar-refractivity contribution in [2.75, 3.05) is 6.61 Å². The van der Waals surface area contributed by atoms with E-state index in [1.54, 1.807) is 11.3 Å². The van der Waals surface area contributed by atoms with Gasteiger partial charge in [-0.25, -0.2) is 4.98 Å². The summed E-state index contributed by atoms with van der Waals surface area (Å²) in [6.45, 7) is 4.46. The van der Waals surface area contributed by atoms with Gasteiger partial charge in [0, 0.05) is 10.9 Å². The molecule has 0 saturated carbocycles. The Kier molecular flexibility index (Phi) is 4.22. The van der Waals surface area contributed by atoms with Crippen LogP contribution in [0.2, 0.25) is 5.02 Å². The van der Waals surface area contributed by atoms with Gasteiger partial charge in [0.15, 0.2) is 0 Å². The van der Waals surface area contributed by atoms with Crippen LogP contribution in [0.5, 0.6) is 5.75 Å². The molecule has 0 saturated heterocycles. The predicted octanol–water partition coefficient (Wildman–Crippen LogP) is 3.88. The Balaban J connectivity index is 2.30. The molecule has 1 aromatic carbocycles. The van der Waals surface area contributed by atoms with Gasteiger partial charge < -0.3 is 10.5 Å². The lowest BCUT2D eigenvalue weighted by Gasteiger charge is -2.06. The van der Waals surface area contributed by atoms with Gasteiger partial charge in [-0.15, -0.1) is 11.3 Å². The molecule has 0 amide bonds. The van der Waals surface area contributed by atoms with Gasteiger partial charge in [0.1, 0.15) is 10.8 Å². The van der Waals surface area contributed by atoms with E-state index >= 15 is 0 Å². The van der Waals surface area contributed by atoms with Crippen LogP contribution in [0.3, 0.4) is 0 Å². The molecule has 0 aliphatic carbocycles. The molecule has 2 aromatic rings. The number of hydrogen-bond donors (Lipinski definition) is 1. The lowest BCUT2D eigenvalue weighted by molar-refractivity contribution is 0.340. The fourth-order valence-corrected chi connectivity index (χ4v) is 2.58. The topological polar surface area (TPSA) is 48.1 Å². The second-order valence-electron chi connectivity index (χ2n) is 3.94. The van der Waals surface area contributed by atoms with Crippen molar-refractivity contribution in [2.24, 2.45) is 5.73 Å². The largest absolute Gasteiger partial charge is 0.492 e. The molecule has 2 N–H and O–H groups in total. The highest BCUT2D eigenvalue weighted by molar-refractivity contribution is 7.10. The van der Waals surface area contributed by atoms with Gasteiger partial charge in [-0.1, -0.05) is 11.6 Å². The molecule has 0 spiro atoms. The van der Waals surface area contributed by atoms with Crippen LogP contribution in [-0.2, 0) is 0 Å². The Hall–Kier alpha value is -1.10. The normalized spacial score (nSPS) is 12.4. The lowest BCUT2D eigenvalue weighted by Crippen LogP contribution is -2.03. The Morgan fingerprint density at radius 1 is 1.50 bits per heavy atom. The maximum Gasteiger partial charge on any atom is 0.137 e. The van der Waals surface area contributed by atoms with Crippen LogP contribution in [0.1, 0.15) is 24.9 Å². The van der Waals surface area contributed by atoms with Gasteiger partial charge >= 0.3 is 0 Å². The summed E-state index contributed by atoms with van der Waals surface area (Å²) in [7, 11) is 0. The van der Waals surface area contributed by atoms with E-state index in [2.05, 4.69) is 4.98 Å². The fraction of sp³-hybridized carbons (Fsp3) is 0.308. The molecule has 2 rings (SSSR count). The van der Waals surface area contributed by atoms with Gasteiger partial charge in [0.2, 0.25) is 0 Å². The average molecular weight is 283 g/mol. The number of hydrogen-bond acceptors (Lipinski definition) is 4. The molecule has 0 radical (unpaired) electrons. The molecule has 1 heterocycles. The van der Waals surface area contributed by atoms with Crippen molar-refractivity contribution in [1.29, 1.82) is 0 Å². The van der Waals surface area contributed by atoms with E-state index in [0.717, 1.165) is 16.3 Å². The van der Waals surface area contributed by atoms with E-state index in [1.165, 1.54) is 0 Å². The molecule has 1 unspecified atom stereocenters. The van der Waals surface area contributed by atoms with Crippen LogP contribution in [0.15, 0.2) is 23.6 Å². The van der Waals surface area contributed by atoms with Crippen LogP contribution in [0, 0.1) is 0 Å². The molecule has 1 atom stereocenters. The van der Waals surface area contributed by atoms with Crippen LogP contribution in [0.4, 0.5) is 0 Å². The van der Waals surface area contributed by atoms with Crippen LogP contribution < -0.4 is 10.5 Å². The number of aromatic nitrogens is 1. The average Bonchev–Trinajstić information content (AvgIpc) is 2.81. The van der Waals surface area contributed by atoms with E-state index < -0.39 is 0 Å². The Morgan fingerprint density at radius 2 is 2.28 bits per heavy atom. The molecule has 0 fully saturated rings. The third-order valence-electron chi connectivity index (χ3n) is 2.44. The molecule has 0 aliphatic heterocycles. The van der Waals surface area contributed by atoms with E-state index in [1.807, 2.05) is 37.4 Å². The van der Waals surface area contributed by atoms with Crippen molar-refractivity contribution in [3.8, 4) is 17.0 Å². The number of nitrogens with two attached hydrogens (primary N) is 1. The number of thiazole rings is 1. The summed E-state index contributed by atoms with van der Waals surface area (Å²) in [5.41, 5.74) is 7.68. The molecule has 3 nitrogen and oxygen atoms in total. The Bertz CT molecular complexity index is 540. The van der Waals surface area contributed by atoms with Gasteiger partial charge in [0.25, 0.3) is 0 Å². The van der Waals surface area contributed by atoms with Gasteiger partial charge in [-0.05, 0) is 32.0 Å². The molecule has 0 bridgehead atoms. The predicted molar refractivity (Wildman–Crippen MR) is 76.3 cm³/mol. The first kappa shape index (κ1) is 13.3. The number of rotatable bonds is 4. The number of halogens is 1. The zero-order valence-electron chi connectivity index (χ0n) is 10.3. The summed E-state index contributed by atoms with van der Waals surface area (Å²) in [5, 5.41) is 3.52. The summed E-state index contributed by atoms with van der Waals surface area (Å²) >= 11 is 7.72. The van der Waals surface area contributed by atoms with Gasteiger partial charge in [-0.2, -0.15) is 0 Å².